The third-order valence-electron chi connectivity index (χ3n) is 8.33. The number of benzene rings is 1. The summed E-state index contributed by atoms with van der Waals surface area (Å²) in [7, 11) is 0. The maximum atomic E-state index is 13.4. The Morgan fingerprint density at radius 3 is 2.58 bits per heavy atom. The predicted molar refractivity (Wildman–Crippen MR) is 124 cm³/mol. The second-order valence-electron chi connectivity index (χ2n) is 10.6. The molecule has 9 unspecified atom stereocenters. The number of hydrogen-bond donors (Lipinski definition) is 5. The molecule has 2 fully saturated rings. The summed E-state index contributed by atoms with van der Waals surface area (Å²) in [5, 5.41) is 43.1. The number of phenolic OH excluding ortho intramolecular Hbond substituents is 1. The molecular formula is C26H31NO9. The van der Waals surface area contributed by atoms with E-state index in [2.05, 4.69) is 0 Å². The fraction of sp³-hybridized carbons (Fsp3) is 0.577. The number of carbonyl (C=O) groups is 3. The van der Waals surface area contributed by atoms with E-state index in [4.69, 9.17) is 15.2 Å². The number of nitrogens with two attached hydrogens (primary N) is 1. The first-order chi connectivity index (χ1) is 16.9. The summed E-state index contributed by atoms with van der Waals surface area (Å²) in [6.45, 7) is 2.93. The summed E-state index contributed by atoms with van der Waals surface area (Å²) in [5.41, 5.74) is 4.25. The van der Waals surface area contributed by atoms with Crippen LogP contribution in [0.15, 0.2) is 29.3 Å². The summed E-state index contributed by atoms with van der Waals surface area (Å²) in [5.74, 6) is -3.16. The Labute approximate surface area is 207 Å². The van der Waals surface area contributed by atoms with Crippen molar-refractivity contribution in [2.24, 2.45) is 17.6 Å². The van der Waals surface area contributed by atoms with Gasteiger partial charge in [0.25, 0.3) is 0 Å². The highest BCUT2D eigenvalue weighted by Crippen LogP contribution is 2.51. The molecule has 0 radical (unpaired) electrons. The van der Waals surface area contributed by atoms with Crippen molar-refractivity contribution in [3.8, 4) is 5.75 Å². The van der Waals surface area contributed by atoms with Gasteiger partial charge in [-0.15, -0.1) is 0 Å². The van der Waals surface area contributed by atoms with Gasteiger partial charge in [-0.1, -0.05) is 12.1 Å². The number of rotatable bonds is 3. The van der Waals surface area contributed by atoms with Crippen LogP contribution in [0.1, 0.15) is 60.2 Å². The average molecular weight is 502 g/mol. The number of aliphatic hydroxyl groups excluding tert-OH is 2. The first-order valence-electron chi connectivity index (χ1n) is 12.2. The highest BCUT2D eigenvalue weighted by atomic mass is 16.7. The Balaban J connectivity index is 1.52. The van der Waals surface area contributed by atoms with Crippen LogP contribution in [-0.4, -0.2) is 80.1 Å². The molecule has 194 valence electrons. The largest absolute Gasteiger partial charge is 0.507 e. The second-order valence-corrected chi connectivity index (χ2v) is 10.6. The van der Waals surface area contributed by atoms with Gasteiger partial charge in [0.1, 0.15) is 11.4 Å². The molecule has 0 bridgehead atoms. The topological polar surface area (TPSA) is 177 Å². The van der Waals surface area contributed by atoms with Crippen molar-refractivity contribution in [2.75, 3.05) is 0 Å². The minimum absolute atomic E-state index is 0.00474. The zero-order chi connectivity index (χ0) is 26.1. The van der Waals surface area contributed by atoms with E-state index in [-0.39, 0.29) is 53.7 Å². The van der Waals surface area contributed by atoms with Crippen LogP contribution in [0.25, 0.3) is 0 Å². The fourth-order valence-electron chi connectivity index (χ4n) is 6.38. The van der Waals surface area contributed by atoms with Crippen LogP contribution in [0, 0.1) is 11.8 Å². The van der Waals surface area contributed by atoms with Gasteiger partial charge in [0.05, 0.1) is 30.0 Å². The number of phenols is 1. The van der Waals surface area contributed by atoms with E-state index in [1.54, 1.807) is 6.92 Å². The predicted octanol–water partition coefficient (Wildman–Crippen LogP) is 0.387. The van der Waals surface area contributed by atoms with E-state index >= 15 is 0 Å². The molecule has 5 rings (SSSR count). The molecule has 10 nitrogen and oxygen atoms in total. The summed E-state index contributed by atoms with van der Waals surface area (Å²) in [6, 6.07) is 3.62. The molecule has 1 saturated carbocycles. The van der Waals surface area contributed by atoms with Gasteiger partial charge in [0, 0.05) is 41.5 Å². The highest BCUT2D eigenvalue weighted by Gasteiger charge is 2.56. The number of aromatic hydroxyl groups is 1. The van der Waals surface area contributed by atoms with Gasteiger partial charge < -0.3 is 35.6 Å². The van der Waals surface area contributed by atoms with Crippen molar-refractivity contribution in [3.05, 3.63) is 40.5 Å². The maximum Gasteiger partial charge on any atom is 0.196 e. The van der Waals surface area contributed by atoms with Gasteiger partial charge in [-0.25, -0.2) is 0 Å². The number of allylic oxidation sites excluding steroid dienone is 1. The molecule has 1 aromatic carbocycles. The molecule has 0 aromatic heterocycles. The molecule has 10 heteroatoms. The Hall–Kier alpha value is -2.47. The van der Waals surface area contributed by atoms with Crippen molar-refractivity contribution in [1.82, 2.24) is 0 Å². The molecule has 0 spiro atoms. The lowest BCUT2D eigenvalue weighted by Crippen LogP contribution is -2.59. The van der Waals surface area contributed by atoms with Crippen molar-refractivity contribution >= 4 is 17.3 Å². The van der Waals surface area contributed by atoms with Crippen LogP contribution >= 0.6 is 0 Å². The normalized spacial score (nSPS) is 40.4. The van der Waals surface area contributed by atoms with E-state index in [1.165, 1.54) is 25.1 Å². The Morgan fingerprint density at radius 1 is 1.19 bits per heavy atom. The summed E-state index contributed by atoms with van der Waals surface area (Å²) in [6.07, 6.45) is -4.63. The van der Waals surface area contributed by atoms with E-state index < -0.39 is 71.5 Å². The molecule has 4 aliphatic rings. The van der Waals surface area contributed by atoms with Crippen LogP contribution in [0.3, 0.4) is 0 Å². The van der Waals surface area contributed by atoms with E-state index in [0.29, 0.717) is 0 Å². The van der Waals surface area contributed by atoms with Crippen LogP contribution in [0.5, 0.6) is 5.75 Å². The number of ether oxygens (including phenoxy) is 2. The lowest BCUT2D eigenvalue weighted by molar-refractivity contribution is -0.265. The number of carbonyl (C=O) groups excluding carboxylic acids is 3. The summed E-state index contributed by atoms with van der Waals surface area (Å²) < 4.78 is 11.9. The highest BCUT2D eigenvalue weighted by molar-refractivity contribution is 6.28. The number of fused-ring (bicyclic) bond motifs is 2. The Morgan fingerprint density at radius 2 is 1.92 bits per heavy atom. The molecule has 9 atom stereocenters. The monoisotopic (exact) mass is 501 g/mol. The SMILES string of the molecule is CC(=O)C1(O)CC2CC3=C(C(=O)c4c(O)cccc4C3=O)C(O)C2C(OC2CC(N)C(O)C(C)O2)C1. The molecule has 1 aliphatic heterocycles. The first kappa shape index (κ1) is 25.2. The van der Waals surface area contributed by atoms with Gasteiger partial charge in [-0.3, -0.25) is 14.4 Å². The first-order valence-corrected chi connectivity index (χ1v) is 12.2. The van der Waals surface area contributed by atoms with Crippen molar-refractivity contribution in [1.29, 1.82) is 0 Å². The Kier molecular flexibility index (Phi) is 6.18. The minimum Gasteiger partial charge on any atom is -0.507 e. The van der Waals surface area contributed by atoms with E-state index in [0.717, 1.165) is 0 Å². The molecule has 1 saturated heterocycles. The summed E-state index contributed by atoms with van der Waals surface area (Å²) >= 11 is 0. The molecular weight excluding hydrogens is 470 g/mol. The van der Waals surface area contributed by atoms with Crippen molar-refractivity contribution in [2.45, 2.75) is 81.9 Å². The second kappa shape index (κ2) is 8.83. The number of Topliss-reactive ketones (excluding diaryl/α,β-unsaturated/α-hetero) is 3. The lowest BCUT2D eigenvalue weighted by Gasteiger charge is -2.51. The quantitative estimate of drug-likeness (QED) is 0.389. The molecule has 3 aliphatic carbocycles. The van der Waals surface area contributed by atoms with Gasteiger partial charge in [0.2, 0.25) is 0 Å². The molecule has 1 aromatic rings. The number of aliphatic hydroxyl groups is 3. The zero-order valence-electron chi connectivity index (χ0n) is 20.1. The van der Waals surface area contributed by atoms with Crippen LogP contribution in [-0.2, 0) is 14.3 Å². The Bertz CT molecular complexity index is 1150. The zero-order valence-corrected chi connectivity index (χ0v) is 20.1. The van der Waals surface area contributed by atoms with E-state index in [1.807, 2.05) is 0 Å². The van der Waals surface area contributed by atoms with Gasteiger partial charge >= 0.3 is 0 Å². The molecule has 0 amide bonds. The van der Waals surface area contributed by atoms with Crippen LogP contribution in [0.2, 0.25) is 0 Å². The third kappa shape index (κ3) is 3.84. The third-order valence-corrected chi connectivity index (χ3v) is 8.33. The maximum absolute atomic E-state index is 13.4. The van der Waals surface area contributed by atoms with E-state index in [9.17, 15) is 34.8 Å². The number of ketones is 3. The van der Waals surface area contributed by atoms with Crippen LogP contribution < -0.4 is 5.73 Å². The fourth-order valence-corrected chi connectivity index (χ4v) is 6.38. The van der Waals surface area contributed by atoms with Crippen molar-refractivity contribution in [3.63, 3.8) is 0 Å². The molecule has 36 heavy (non-hydrogen) atoms. The standard InChI is InChI=1S/C26H31NO9/c1-10-22(30)15(27)7-18(35-10)36-17-9-26(34,11(2)28)8-12-6-14-21(24(32)19(12)17)25(33)20-13(23(14)31)4-3-5-16(20)29/h3-5,10,12,15,17-19,22,24,29-30,32,34H,6-9,27H2,1-2H3. The smallest absolute Gasteiger partial charge is 0.196 e. The van der Waals surface area contributed by atoms with Gasteiger partial charge in [-0.2, -0.15) is 0 Å². The summed E-state index contributed by atoms with van der Waals surface area (Å²) in [4.78, 5) is 39.2. The average Bonchev–Trinajstić information content (AvgIpc) is 2.80. The van der Waals surface area contributed by atoms with Gasteiger partial charge in [0.15, 0.2) is 23.6 Å². The van der Waals surface area contributed by atoms with Crippen molar-refractivity contribution < 1.29 is 44.3 Å². The molecule has 6 N–H and O–H groups in total. The number of hydrogen-bond acceptors (Lipinski definition) is 10. The lowest BCUT2D eigenvalue weighted by atomic mass is 9.59. The van der Waals surface area contributed by atoms with Crippen LogP contribution in [0.4, 0.5) is 0 Å². The minimum atomic E-state index is -1.75. The molecule has 1 heterocycles. The van der Waals surface area contributed by atoms with Gasteiger partial charge in [-0.05, 0) is 38.7 Å².